The van der Waals surface area contributed by atoms with E-state index in [0.717, 1.165) is 10.0 Å². The van der Waals surface area contributed by atoms with Gasteiger partial charge in [-0.2, -0.15) is 0 Å². The Bertz CT molecular complexity index is 1870. The van der Waals surface area contributed by atoms with E-state index in [-0.39, 0.29) is 17.7 Å². The molecule has 0 spiro atoms. The van der Waals surface area contributed by atoms with Crippen molar-refractivity contribution in [1.29, 1.82) is 0 Å². The Morgan fingerprint density at radius 2 is 1.83 bits per heavy atom. The van der Waals surface area contributed by atoms with Crippen molar-refractivity contribution in [1.82, 2.24) is 4.57 Å². The highest BCUT2D eigenvalue weighted by atomic mass is 79.9. The van der Waals surface area contributed by atoms with Crippen LogP contribution in [-0.4, -0.2) is 24.3 Å². The molecule has 1 aliphatic heterocycles. The second kappa shape index (κ2) is 12.8. The van der Waals surface area contributed by atoms with Crippen molar-refractivity contribution >= 4 is 55.2 Å². The summed E-state index contributed by atoms with van der Waals surface area (Å²) in [6.45, 7) is 3.91. The van der Waals surface area contributed by atoms with E-state index >= 15 is 0 Å². The molecule has 7 nitrogen and oxygen atoms in total. The second-order valence-corrected chi connectivity index (χ2v) is 12.1. The van der Waals surface area contributed by atoms with Crippen LogP contribution in [0, 0.1) is 5.82 Å². The van der Waals surface area contributed by atoms with Gasteiger partial charge in [-0.3, -0.25) is 9.36 Å². The molecule has 0 saturated carbocycles. The van der Waals surface area contributed by atoms with Gasteiger partial charge in [0.15, 0.2) is 16.3 Å². The third-order valence-corrected chi connectivity index (χ3v) is 8.65. The quantitative estimate of drug-likeness (QED) is 0.208. The van der Waals surface area contributed by atoms with Crippen LogP contribution in [0.3, 0.4) is 0 Å². The van der Waals surface area contributed by atoms with Crippen molar-refractivity contribution in [2.45, 2.75) is 26.5 Å². The van der Waals surface area contributed by atoms with Crippen LogP contribution < -0.4 is 24.4 Å². The molecule has 42 heavy (non-hydrogen) atoms. The number of nitrogens with zero attached hydrogens (tertiary/aromatic N) is 2. The maximum Gasteiger partial charge on any atom is 0.338 e. The van der Waals surface area contributed by atoms with Gasteiger partial charge in [-0.25, -0.2) is 14.2 Å². The largest absolute Gasteiger partial charge is 0.493 e. The Labute approximate surface area is 261 Å². The molecule has 4 aromatic rings. The SMILES string of the molecule is CCOC(=O)C1=C(C)N=c2s/c(=C\c3cc(Br)c(OCc4ccc(Br)cc4)c(OC)c3)c(=O)n2[C@H]1c1ccc(F)cc1. The minimum absolute atomic E-state index is 0.162. The summed E-state index contributed by atoms with van der Waals surface area (Å²) in [7, 11) is 1.55. The van der Waals surface area contributed by atoms with E-state index in [0.29, 0.717) is 48.7 Å². The van der Waals surface area contributed by atoms with E-state index in [4.69, 9.17) is 14.2 Å². The van der Waals surface area contributed by atoms with Crippen LogP contribution in [0.15, 0.2) is 90.7 Å². The molecule has 3 aromatic carbocycles. The standard InChI is InChI=1S/C31H25Br2FN2O5S/c1-4-40-30(38)26-17(2)35-31-36(27(26)20-7-11-22(34)12-8-20)29(37)25(42-31)15-19-13-23(33)28(24(14-19)39-3)41-16-18-5-9-21(32)10-6-18/h5-15,27H,4,16H2,1-3H3/b25-15-/t27-/m0/s1. The molecule has 0 saturated heterocycles. The number of fused-ring (bicyclic) bond motifs is 1. The molecule has 0 bridgehead atoms. The summed E-state index contributed by atoms with van der Waals surface area (Å²) < 4.78 is 34.3. The van der Waals surface area contributed by atoms with Gasteiger partial charge in [0.05, 0.1) is 40.0 Å². The number of halogens is 3. The molecule has 1 aromatic heterocycles. The lowest BCUT2D eigenvalue weighted by Gasteiger charge is -2.24. The Morgan fingerprint density at radius 3 is 2.50 bits per heavy atom. The van der Waals surface area contributed by atoms with Crippen molar-refractivity contribution in [3.05, 3.63) is 123 Å². The summed E-state index contributed by atoms with van der Waals surface area (Å²) in [6.07, 6.45) is 1.74. The number of thiazole rings is 1. The van der Waals surface area contributed by atoms with Crippen LogP contribution in [0.1, 0.15) is 36.6 Å². The predicted molar refractivity (Wildman–Crippen MR) is 166 cm³/mol. The molecule has 1 atom stereocenters. The lowest BCUT2D eigenvalue weighted by molar-refractivity contribution is -0.139. The average molecular weight is 716 g/mol. The van der Waals surface area contributed by atoms with Crippen molar-refractivity contribution in [3.8, 4) is 11.5 Å². The maximum absolute atomic E-state index is 13.9. The Hall–Kier alpha value is -3.54. The lowest BCUT2D eigenvalue weighted by Crippen LogP contribution is -2.39. The van der Waals surface area contributed by atoms with E-state index in [1.54, 1.807) is 45.2 Å². The number of aromatic nitrogens is 1. The number of esters is 1. The highest BCUT2D eigenvalue weighted by Gasteiger charge is 2.33. The number of methoxy groups -OCH3 is 1. The molecular formula is C31H25Br2FN2O5S. The van der Waals surface area contributed by atoms with Gasteiger partial charge in [-0.1, -0.05) is 51.5 Å². The van der Waals surface area contributed by atoms with Crippen LogP contribution in [0.4, 0.5) is 4.39 Å². The normalized spacial score (nSPS) is 14.8. The van der Waals surface area contributed by atoms with Crippen LogP contribution in [0.5, 0.6) is 11.5 Å². The molecule has 0 radical (unpaired) electrons. The number of rotatable bonds is 8. The van der Waals surface area contributed by atoms with Crippen molar-refractivity contribution in [2.75, 3.05) is 13.7 Å². The molecule has 5 rings (SSSR count). The summed E-state index contributed by atoms with van der Waals surface area (Å²) in [5.41, 5.74) is 2.59. The molecule has 0 aliphatic carbocycles. The van der Waals surface area contributed by atoms with Crippen LogP contribution in [-0.2, 0) is 16.1 Å². The topological polar surface area (TPSA) is 79.1 Å². The number of carbonyl (C=O) groups is 1. The summed E-state index contributed by atoms with van der Waals surface area (Å²) in [5, 5.41) is 0. The lowest BCUT2D eigenvalue weighted by atomic mass is 9.96. The first-order valence-electron chi connectivity index (χ1n) is 12.9. The highest BCUT2D eigenvalue weighted by Crippen LogP contribution is 2.37. The van der Waals surface area contributed by atoms with Gasteiger partial charge >= 0.3 is 5.97 Å². The van der Waals surface area contributed by atoms with Crippen molar-refractivity contribution in [2.24, 2.45) is 4.99 Å². The number of hydrogen-bond donors (Lipinski definition) is 0. The van der Waals surface area contributed by atoms with Crippen LogP contribution in [0.25, 0.3) is 6.08 Å². The molecule has 216 valence electrons. The minimum Gasteiger partial charge on any atom is -0.493 e. The molecular weight excluding hydrogens is 691 g/mol. The first-order valence-corrected chi connectivity index (χ1v) is 15.3. The third-order valence-electron chi connectivity index (χ3n) is 6.55. The zero-order valence-electron chi connectivity index (χ0n) is 22.8. The molecule has 11 heteroatoms. The molecule has 2 heterocycles. The minimum atomic E-state index is -0.821. The fourth-order valence-corrected chi connectivity index (χ4v) is 6.49. The average Bonchev–Trinajstić information content (AvgIpc) is 3.26. The third kappa shape index (κ3) is 6.13. The summed E-state index contributed by atoms with van der Waals surface area (Å²) in [6, 6.07) is 16.3. The second-order valence-electron chi connectivity index (χ2n) is 9.30. The number of hydrogen-bond acceptors (Lipinski definition) is 7. The van der Waals surface area contributed by atoms with E-state index < -0.39 is 17.8 Å². The summed E-state index contributed by atoms with van der Waals surface area (Å²) in [4.78, 5) is 31.9. The van der Waals surface area contributed by atoms with E-state index in [2.05, 4.69) is 36.9 Å². The number of benzene rings is 3. The van der Waals surface area contributed by atoms with E-state index in [9.17, 15) is 14.0 Å². The predicted octanol–water partition coefficient (Wildman–Crippen LogP) is 6.05. The summed E-state index contributed by atoms with van der Waals surface area (Å²) >= 11 is 8.22. The zero-order valence-corrected chi connectivity index (χ0v) is 26.8. The molecule has 0 fully saturated rings. The Morgan fingerprint density at radius 1 is 1.12 bits per heavy atom. The van der Waals surface area contributed by atoms with E-state index in [1.165, 1.54) is 28.0 Å². The van der Waals surface area contributed by atoms with Crippen LogP contribution >= 0.6 is 43.2 Å². The van der Waals surface area contributed by atoms with Gasteiger partial charge < -0.3 is 14.2 Å². The van der Waals surface area contributed by atoms with Crippen LogP contribution in [0.2, 0.25) is 0 Å². The van der Waals surface area contributed by atoms with Crippen molar-refractivity contribution < 1.29 is 23.4 Å². The smallest absolute Gasteiger partial charge is 0.338 e. The van der Waals surface area contributed by atoms with Gasteiger partial charge in [-0.05, 0) is 88.9 Å². The number of ether oxygens (including phenoxy) is 3. The molecule has 0 amide bonds. The monoisotopic (exact) mass is 714 g/mol. The van der Waals surface area contributed by atoms with Gasteiger partial charge in [0.2, 0.25) is 0 Å². The Kier molecular flexibility index (Phi) is 9.10. The fourth-order valence-electron chi connectivity index (χ4n) is 4.60. The Balaban J connectivity index is 1.56. The first kappa shape index (κ1) is 29.9. The van der Waals surface area contributed by atoms with Gasteiger partial charge in [0.1, 0.15) is 12.4 Å². The maximum atomic E-state index is 13.9. The fraction of sp³-hybridized carbons (Fsp3) is 0.194. The molecule has 1 aliphatic rings. The molecule has 0 unspecified atom stereocenters. The van der Waals surface area contributed by atoms with Gasteiger partial charge in [-0.15, -0.1) is 0 Å². The van der Waals surface area contributed by atoms with Gasteiger partial charge in [0, 0.05) is 4.47 Å². The van der Waals surface area contributed by atoms with Crippen molar-refractivity contribution in [3.63, 3.8) is 0 Å². The number of allylic oxidation sites excluding steroid dienone is 1. The first-order chi connectivity index (χ1) is 20.2. The zero-order chi connectivity index (χ0) is 30.0. The molecule has 0 N–H and O–H groups in total. The number of carbonyl (C=O) groups excluding carboxylic acids is 1. The van der Waals surface area contributed by atoms with Gasteiger partial charge in [0.25, 0.3) is 5.56 Å². The van der Waals surface area contributed by atoms with E-state index in [1.807, 2.05) is 30.3 Å². The highest BCUT2D eigenvalue weighted by molar-refractivity contribution is 9.10. The summed E-state index contributed by atoms with van der Waals surface area (Å²) in [5.74, 6) is 0.0262.